The number of nitrogens with zero attached hydrogens (tertiary/aromatic N) is 3. The van der Waals surface area contributed by atoms with E-state index in [2.05, 4.69) is 10.1 Å². The molecule has 0 spiro atoms. The zero-order chi connectivity index (χ0) is 15.3. The van der Waals surface area contributed by atoms with Crippen LogP contribution in [0.3, 0.4) is 0 Å². The lowest BCUT2D eigenvalue weighted by Gasteiger charge is -2.41. The van der Waals surface area contributed by atoms with Crippen molar-refractivity contribution in [2.45, 2.75) is 12.8 Å². The molecule has 2 fully saturated rings. The van der Waals surface area contributed by atoms with Crippen LogP contribution in [0.2, 0.25) is 0 Å². The Morgan fingerprint density at radius 3 is 2.38 bits per heavy atom. The summed E-state index contributed by atoms with van der Waals surface area (Å²) in [5.41, 5.74) is 4.88. The number of oxime groups is 1. The summed E-state index contributed by atoms with van der Waals surface area (Å²) in [5, 5.41) is 21.1. The normalized spacial score (nSPS) is 24.0. The largest absolute Gasteiger partial charge is 0.409 e. The van der Waals surface area contributed by atoms with Crippen molar-refractivity contribution in [3.63, 3.8) is 0 Å². The quantitative estimate of drug-likeness (QED) is 0.257. The fourth-order valence-electron chi connectivity index (χ4n) is 3.01. The highest BCUT2D eigenvalue weighted by molar-refractivity contribution is 6.06. The minimum Gasteiger partial charge on any atom is -0.409 e. The highest BCUT2D eigenvalue weighted by atomic mass is 16.5. The number of ether oxygens (including phenoxy) is 1. The van der Waals surface area contributed by atoms with Gasteiger partial charge in [0.1, 0.15) is 5.41 Å². The maximum Gasteiger partial charge on any atom is 0.236 e. The molecule has 4 N–H and O–H groups in total. The van der Waals surface area contributed by atoms with E-state index < -0.39 is 5.41 Å². The first kappa shape index (κ1) is 16.0. The second-order valence-corrected chi connectivity index (χ2v) is 5.54. The SMILES string of the molecule is NC(=NO)C1(C(=O)N2CCN(CCO)CC2)CCOCC1. The van der Waals surface area contributed by atoms with Crippen LogP contribution >= 0.6 is 0 Å². The van der Waals surface area contributed by atoms with E-state index in [1.54, 1.807) is 4.90 Å². The summed E-state index contributed by atoms with van der Waals surface area (Å²) in [7, 11) is 0. The number of amidine groups is 1. The third-order valence-corrected chi connectivity index (χ3v) is 4.43. The average Bonchev–Trinajstić information content (AvgIpc) is 2.55. The summed E-state index contributed by atoms with van der Waals surface area (Å²) in [4.78, 5) is 16.8. The van der Waals surface area contributed by atoms with E-state index in [-0.39, 0.29) is 18.3 Å². The Morgan fingerprint density at radius 1 is 1.24 bits per heavy atom. The molecule has 8 nitrogen and oxygen atoms in total. The Hall–Kier alpha value is -1.38. The van der Waals surface area contributed by atoms with Crippen molar-refractivity contribution in [1.29, 1.82) is 0 Å². The first-order valence-electron chi connectivity index (χ1n) is 7.32. The molecule has 2 aliphatic rings. The van der Waals surface area contributed by atoms with Crippen molar-refractivity contribution < 1.29 is 19.8 Å². The van der Waals surface area contributed by atoms with Gasteiger partial charge in [-0.1, -0.05) is 5.16 Å². The fourth-order valence-corrected chi connectivity index (χ4v) is 3.01. The number of nitrogens with two attached hydrogens (primary N) is 1. The third kappa shape index (κ3) is 3.28. The van der Waals surface area contributed by atoms with Crippen LogP contribution in [0.15, 0.2) is 5.16 Å². The molecular formula is C13H24N4O4. The van der Waals surface area contributed by atoms with Crippen LogP contribution in [-0.2, 0) is 9.53 Å². The number of aliphatic hydroxyl groups is 1. The Labute approximate surface area is 124 Å². The van der Waals surface area contributed by atoms with Crippen molar-refractivity contribution in [2.24, 2.45) is 16.3 Å². The fraction of sp³-hybridized carbons (Fsp3) is 0.846. The van der Waals surface area contributed by atoms with Gasteiger partial charge in [0.15, 0.2) is 5.84 Å². The number of carbonyl (C=O) groups is 1. The number of amides is 1. The predicted octanol–water partition coefficient (Wildman–Crippen LogP) is -1.33. The van der Waals surface area contributed by atoms with E-state index in [0.29, 0.717) is 45.7 Å². The monoisotopic (exact) mass is 300 g/mol. The van der Waals surface area contributed by atoms with Crippen LogP contribution in [0, 0.1) is 5.41 Å². The molecule has 0 aromatic carbocycles. The molecule has 2 heterocycles. The smallest absolute Gasteiger partial charge is 0.236 e. The Balaban J connectivity index is 2.06. The van der Waals surface area contributed by atoms with Gasteiger partial charge in [0.25, 0.3) is 0 Å². The average molecular weight is 300 g/mol. The number of β-amino-alcohol motifs (C(OH)–C–C–N with tert-alkyl or cyclic N) is 1. The summed E-state index contributed by atoms with van der Waals surface area (Å²) in [6.45, 7) is 4.28. The summed E-state index contributed by atoms with van der Waals surface area (Å²) >= 11 is 0. The Kier molecular flexibility index (Phi) is 5.38. The number of hydrogen-bond donors (Lipinski definition) is 3. The lowest BCUT2D eigenvalue weighted by molar-refractivity contribution is -0.144. The highest BCUT2D eigenvalue weighted by Gasteiger charge is 2.47. The van der Waals surface area contributed by atoms with Crippen molar-refractivity contribution in [3.8, 4) is 0 Å². The van der Waals surface area contributed by atoms with Crippen LogP contribution in [0.5, 0.6) is 0 Å². The van der Waals surface area contributed by atoms with Crippen LogP contribution in [0.1, 0.15) is 12.8 Å². The topological polar surface area (TPSA) is 112 Å². The molecule has 0 aliphatic carbocycles. The van der Waals surface area contributed by atoms with Crippen molar-refractivity contribution in [1.82, 2.24) is 9.80 Å². The second kappa shape index (κ2) is 7.06. The molecule has 2 saturated heterocycles. The molecule has 0 atom stereocenters. The van der Waals surface area contributed by atoms with Gasteiger partial charge in [-0.15, -0.1) is 0 Å². The van der Waals surface area contributed by atoms with Gasteiger partial charge in [0.2, 0.25) is 5.91 Å². The maximum absolute atomic E-state index is 12.9. The molecule has 0 aromatic heterocycles. The van der Waals surface area contributed by atoms with E-state index in [0.717, 1.165) is 13.1 Å². The zero-order valence-electron chi connectivity index (χ0n) is 12.2. The van der Waals surface area contributed by atoms with Gasteiger partial charge in [-0.25, -0.2) is 0 Å². The van der Waals surface area contributed by atoms with E-state index in [1.165, 1.54) is 0 Å². The van der Waals surface area contributed by atoms with Gasteiger partial charge in [0.05, 0.1) is 6.61 Å². The molecule has 2 rings (SSSR count). The van der Waals surface area contributed by atoms with Gasteiger partial charge in [0, 0.05) is 45.9 Å². The van der Waals surface area contributed by atoms with Gasteiger partial charge >= 0.3 is 0 Å². The van der Waals surface area contributed by atoms with Crippen LogP contribution in [0.25, 0.3) is 0 Å². The summed E-state index contributed by atoms with van der Waals surface area (Å²) in [5.74, 6) is -0.0988. The van der Waals surface area contributed by atoms with Gasteiger partial charge in [-0.05, 0) is 12.8 Å². The molecule has 0 radical (unpaired) electrons. The molecule has 0 unspecified atom stereocenters. The number of piperazine rings is 1. The van der Waals surface area contributed by atoms with Crippen LogP contribution < -0.4 is 5.73 Å². The molecule has 0 bridgehead atoms. The number of aliphatic hydroxyl groups excluding tert-OH is 1. The van der Waals surface area contributed by atoms with E-state index >= 15 is 0 Å². The van der Waals surface area contributed by atoms with Crippen molar-refractivity contribution in [2.75, 3.05) is 52.5 Å². The van der Waals surface area contributed by atoms with E-state index in [4.69, 9.17) is 20.8 Å². The maximum atomic E-state index is 12.9. The Bertz CT molecular complexity index is 388. The van der Waals surface area contributed by atoms with Gasteiger partial charge in [-0.3, -0.25) is 9.69 Å². The predicted molar refractivity (Wildman–Crippen MR) is 76.0 cm³/mol. The number of rotatable bonds is 4. The first-order chi connectivity index (χ1) is 10.1. The number of hydrogen-bond acceptors (Lipinski definition) is 6. The van der Waals surface area contributed by atoms with Gasteiger partial charge in [-0.2, -0.15) is 0 Å². The zero-order valence-corrected chi connectivity index (χ0v) is 12.2. The highest BCUT2D eigenvalue weighted by Crippen LogP contribution is 2.33. The molecule has 0 saturated carbocycles. The summed E-state index contributed by atoms with van der Waals surface area (Å²) in [6.07, 6.45) is 0.886. The minimum atomic E-state index is -0.938. The second-order valence-electron chi connectivity index (χ2n) is 5.54. The van der Waals surface area contributed by atoms with Crippen molar-refractivity contribution in [3.05, 3.63) is 0 Å². The molecule has 0 aromatic rings. The lowest BCUT2D eigenvalue weighted by Crippen LogP contribution is -2.58. The lowest BCUT2D eigenvalue weighted by atomic mass is 9.77. The molecular weight excluding hydrogens is 276 g/mol. The van der Waals surface area contributed by atoms with E-state index in [9.17, 15) is 4.79 Å². The summed E-state index contributed by atoms with van der Waals surface area (Å²) < 4.78 is 5.31. The molecule has 2 aliphatic heterocycles. The molecule has 8 heteroatoms. The van der Waals surface area contributed by atoms with Gasteiger partial charge < -0.3 is 25.7 Å². The summed E-state index contributed by atoms with van der Waals surface area (Å²) in [6, 6.07) is 0. The van der Waals surface area contributed by atoms with Crippen LogP contribution in [0.4, 0.5) is 0 Å². The molecule has 21 heavy (non-hydrogen) atoms. The minimum absolute atomic E-state index is 0.0198. The first-order valence-corrected chi connectivity index (χ1v) is 7.32. The third-order valence-electron chi connectivity index (χ3n) is 4.43. The Morgan fingerprint density at radius 2 is 1.86 bits per heavy atom. The molecule has 1 amide bonds. The van der Waals surface area contributed by atoms with E-state index in [1.807, 2.05) is 0 Å². The number of carbonyl (C=O) groups excluding carboxylic acids is 1. The van der Waals surface area contributed by atoms with Crippen molar-refractivity contribution >= 4 is 11.7 Å². The molecule has 120 valence electrons. The van der Waals surface area contributed by atoms with Crippen LogP contribution in [-0.4, -0.2) is 84.4 Å². The standard InChI is InChI=1S/C13H24N4O4/c14-11(15-20)13(1-9-21-10-2-13)12(19)17-5-3-16(4-6-17)7-8-18/h18,20H,1-10H2,(H2,14,15).